The second kappa shape index (κ2) is 8.12. The van der Waals surface area contributed by atoms with Gasteiger partial charge in [-0.15, -0.1) is 0 Å². The minimum Gasteiger partial charge on any atom is -0.395 e. The van der Waals surface area contributed by atoms with Crippen molar-refractivity contribution >= 4 is 5.82 Å². The third-order valence-corrected chi connectivity index (χ3v) is 3.10. The highest BCUT2D eigenvalue weighted by atomic mass is 16.3. The van der Waals surface area contributed by atoms with Gasteiger partial charge in [0.05, 0.1) is 6.61 Å². The largest absolute Gasteiger partial charge is 0.395 e. The van der Waals surface area contributed by atoms with Gasteiger partial charge in [0.15, 0.2) is 0 Å². The molecule has 0 amide bonds. The van der Waals surface area contributed by atoms with Crippen molar-refractivity contribution in [1.29, 1.82) is 0 Å². The number of nitrogens with one attached hydrogen (secondary N) is 1. The SMILES string of the molecule is CCCNCc1cnc(N(CCO)C(C)C)c(C)c1. The summed E-state index contributed by atoms with van der Waals surface area (Å²) in [5, 5.41) is 12.5. The summed E-state index contributed by atoms with van der Waals surface area (Å²) in [4.78, 5) is 6.71. The molecule has 0 bridgehead atoms. The Morgan fingerprint density at radius 3 is 2.68 bits per heavy atom. The molecule has 4 heteroatoms. The number of aliphatic hydroxyl groups excluding tert-OH is 1. The number of nitrogens with zero attached hydrogens (tertiary/aromatic N) is 2. The van der Waals surface area contributed by atoms with E-state index in [4.69, 9.17) is 5.11 Å². The highest BCUT2D eigenvalue weighted by Gasteiger charge is 2.13. The number of anilines is 1. The predicted octanol–water partition coefficient (Wildman–Crippen LogP) is 2.10. The Bertz CT molecular complexity index is 380. The molecule has 0 spiro atoms. The van der Waals surface area contributed by atoms with E-state index < -0.39 is 0 Å². The molecule has 0 radical (unpaired) electrons. The highest BCUT2D eigenvalue weighted by Crippen LogP contribution is 2.19. The molecule has 0 fully saturated rings. The molecule has 4 nitrogen and oxygen atoms in total. The van der Waals surface area contributed by atoms with E-state index in [9.17, 15) is 0 Å². The topological polar surface area (TPSA) is 48.4 Å². The zero-order valence-corrected chi connectivity index (χ0v) is 12.6. The van der Waals surface area contributed by atoms with Gasteiger partial charge in [-0.2, -0.15) is 0 Å². The molecule has 1 heterocycles. The summed E-state index contributed by atoms with van der Waals surface area (Å²) in [6, 6.07) is 2.51. The molecule has 0 aromatic carbocycles. The quantitative estimate of drug-likeness (QED) is 0.707. The molecule has 0 aliphatic heterocycles. The molecule has 1 aromatic rings. The number of aromatic nitrogens is 1. The molecule has 0 aliphatic carbocycles. The van der Waals surface area contributed by atoms with Crippen molar-refractivity contribution < 1.29 is 5.11 Å². The molecule has 0 saturated carbocycles. The van der Waals surface area contributed by atoms with Crippen molar-refractivity contribution in [3.63, 3.8) is 0 Å². The number of aliphatic hydroxyl groups is 1. The van der Waals surface area contributed by atoms with E-state index in [1.165, 1.54) is 5.56 Å². The lowest BCUT2D eigenvalue weighted by Gasteiger charge is -2.28. The van der Waals surface area contributed by atoms with E-state index in [0.717, 1.165) is 30.9 Å². The summed E-state index contributed by atoms with van der Waals surface area (Å²) in [6.07, 6.45) is 3.07. The van der Waals surface area contributed by atoms with Crippen molar-refractivity contribution in [2.24, 2.45) is 0 Å². The Kier molecular flexibility index (Phi) is 6.81. The number of rotatable bonds is 8. The van der Waals surface area contributed by atoms with Crippen molar-refractivity contribution in [3.05, 3.63) is 23.4 Å². The van der Waals surface area contributed by atoms with Crippen LogP contribution < -0.4 is 10.2 Å². The zero-order chi connectivity index (χ0) is 14.3. The molecule has 0 atom stereocenters. The lowest BCUT2D eigenvalue weighted by Crippen LogP contribution is -2.34. The normalized spacial score (nSPS) is 11.1. The molecular weight excluding hydrogens is 238 g/mol. The lowest BCUT2D eigenvalue weighted by molar-refractivity contribution is 0.298. The summed E-state index contributed by atoms with van der Waals surface area (Å²) >= 11 is 0. The maximum Gasteiger partial charge on any atom is 0.131 e. The monoisotopic (exact) mass is 265 g/mol. The fourth-order valence-electron chi connectivity index (χ4n) is 2.15. The van der Waals surface area contributed by atoms with Crippen LogP contribution in [0.5, 0.6) is 0 Å². The summed E-state index contributed by atoms with van der Waals surface area (Å²) in [6.45, 7) is 11.2. The minimum atomic E-state index is 0.152. The van der Waals surface area contributed by atoms with Gasteiger partial charge in [0.1, 0.15) is 5.82 Å². The van der Waals surface area contributed by atoms with Crippen LogP contribution >= 0.6 is 0 Å². The highest BCUT2D eigenvalue weighted by molar-refractivity contribution is 5.48. The van der Waals surface area contributed by atoms with Crippen LogP contribution in [-0.2, 0) is 6.54 Å². The smallest absolute Gasteiger partial charge is 0.131 e. The molecule has 1 aromatic heterocycles. The Morgan fingerprint density at radius 2 is 2.16 bits per heavy atom. The second-order valence-electron chi connectivity index (χ2n) is 5.17. The second-order valence-corrected chi connectivity index (χ2v) is 5.17. The summed E-state index contributed by atoms with van der Waals surface area (Å²) in [5.74, 6) is 0.975. The van der Waals surface area contributed by atoms with E-state index >= 15 is 0 Å². The van der Waals surface area contributed by atoms with Gasteiger partial charge in [0.2, 0.25) is 0 Å². The van der Waals surface area contributed by atoms with Crippen LogP contribution in [0.1, 0.15) is 38.3 Å². The molecule has 1 rings (SSSR count). The Labute approximate surface area is 116 Å². The maximum absolute atomic E-state index is 9.16. The van der Waals surface area contributed by atoms with Crippen LogP contribution in [0.3, 0.4) is 0 Å². The van der Waals surface area contributed by atoms with Crippen LogP contribution in [-0.4, -0.2) is 35.8 Å². The maximum atomic E-state index is 9.16. The van der Waals surface area contributed by atoms with Gasteiger partial charge in [-0.1, -0.05) is 6.92 Å². The molecule has 19 heavy (non-hydrogen) atoms. The van der Waals surface area contributed by atoms with E-state index in [0.29, 0.717) is 12.6 Å². The van der Waals surface area contributed by atoms with E-state index in [2.05, 4.69) is 49.0 Å². The lowest BCUT2D eigenvalue weighted by atomic mass is 10.1. The van der Waals surface area contributed by atoms with Crippen molar-refractivity contribution in [1.82, 2.24) is 10.3 Å². The predicted molar refractivity (Wildman–Crippen MR) is 80.5 cm³/mol. The molecule has 0 aliphatic rings. The van der Waals surface area contributed by atoms with Crippen LogP contribution in [0.15, 0.2) is 12.3 Å². The minimum absolute atomic E-state index is 0.152. The van der Waals surface area contributed by atoms with Crippen LogP contribution in [0.4, 0.5) is 5.82 Å². The van der Waals surface area contributed by atoms with Crippen molar-refractivity contribution in [2.75, 3.05) is 24.6 Å². The summed E-state index contributed by atoms with van der Waals surface area (Å²) in [5.41, 5.74) is 2.38. The Morgan fingerprint density at radius 1 is 1.42 bits per heavy atom. The first-order valence-corrected chi connectivity index (χ1v) is 7.13. The number of hydrogen-bond donors (Lipinski definition) is 2. The molecule has 0 saturated heterocycles. The van der Waals surface area contributed by atoms with E-state index in [1.807, 2.05) is 6.20 Å². The average molecular weight is 265 g/mol. The van der Waals surface area contributed by atoms with E-state index in [1.54, 1.807) is 0 Å². The third kappa shape index (κ3) is 4.80. The average Bonchev–Trinajstić information content (AvgIpc) is 2.37. The molecule has 2 N–H and O–H groups in total. The zero-order valence-electron chi connectivity index (χ0n) is 12.6. The van der Waals surface area contributed by atoms with Crippen molar-refractivity contribution in [3.8, 4) is 0 Å². The van der Waals surface area contributed by atoms with Gasteiger partial charge in [0, 0.05) is 25.3 Å². The first kappa shape index (κ1) is 15.9. The molecule has 108 valence electrons. The van der Waals surface area contributed by atoms with Crippen LogP contribution in [0.25, 0.3) is 0 Å². The summed E-state index contributed by atoms with van der Waals surface area (Å²) in [7, 11) is 0. The Balaban J connectivity index is 2.80. The first-order chi connectivity index (χ1) is 9.10. The van der Waals surface area contributed by atoms with Crippen molar-refractivity contribution in [2.45, 2.75) is 46.7 Å². The van der Waals surface area contributed by atoms with E-state index in [-0.39, 0.29) is 6.61 Å². The molecule has 0 unspecified atom stereocenters. The van der Waals surface area contributed by atoms with Crippen LogP contribution in [0.2, 0.25) is 0 Å². The Hall–Kier alpha value is -1.13. The summed E-state index contributed by atoms with van der Waals surface area (Å²) < 4.78 is 0. The molecular formula is C15H27N3O. The standard InChI is InChI=1S/C15H27N3O/c1-5-6-16-10-14-9-13(4)15(17-11-14)18(7-8-19)12(2)3/h9,11-12,16,19H,5-8,10H2,1-4H3. The van der Waals surface area contributed by atoms with Gasteiger partial charge in [-0.3, -0.25) is 0 Å². The fourth-order valence-corrected chi connectivity index (χ4v) is 2.15. The number of pyridine rings is 1. The van der Waals surface area contributed by atoms with Gasteiger partial charge in [-0.05, 0) is 50.9 Å². The van der Waals surface area contributed by atoms with Crippen LogP contribution in [0, 0.1) is 6.92 Å². The van der Waals surface area contributed by atoms with Gasteiger partial charge >= 0.3 is 0 Å². The van der Waals surface area contributed by atoms with Gasteiger partial charge < -0.3 is 15.3 Å². The number of hydrogen-bond acceptors (Lipinski definition) is 4. The first-order valence-electron chi connectivity index (χ1n) is 7.13. The third-order valence-electron chi connectivity index (χ3n) is 3.10. The fraction of sp³-hybridized carbons (Fsp3) is 0.667. The van der Waals surface area contributed by atoms with Gasteiger partial charge in [-0.25, -0.2) is 4.98 Å². The van der Waals surface area contributed by atoms with Gasteiger partial charge in [0.25, 0.3) is 0 Å². The number of aryl methyl sites for hydroxylation is 1.